The van der Waals surface area contributed by atoms with Crippen LogP contribution in [0, 0.1) is 11.8 Å². The minimum absolute atomic E-state index is 0.250. The van der Waals surface area contributed by atoms with Crippen LogP contribution in [-0.2, 0) is 14.0 Å². The van der Waals surface area contributed by atoms with E-state index in [0.717, 1.165) is 6.42 Å². The minimum atomic E-state index is -1.61. The first-order valence-corrected chi connectivity index (χ1v) is 12.1. The van der Waals surface area contributed by atoms with Crippen LogP contribution >= 0.6 is 0 Å². The van der Waals surface area contributed by atoms with Gasteiger partial charge in [-0.2, -0.15) is 0 Å². The van der Waals surface area contributed by atoms with E-state index in [1.54, 1.807) is 6.08 Å². The van der Waals surface area contributed by atoms with Crippen LogP contribution in [0.15, 0.2) is 12.2 Å². The van der Waals surface area contributed by atoms with E-state index in [1.165, 1.54) is 18.1 Å². The highest BCUT2D eigenvalue weighted by atomic mass is 28.4. The van der Waals surface area contributed by atoms with Gasteiger partial charge < -0.3 is 9.16 Å². The Hall–Kier alpha value is -0.613. The molecule has 3 nitrogen and oxygen atoms in total. The first-order chi connectivity index (χ1) is 11.0. The maximum Gasteiger partial charge on any atom is 0.330 e. The molecule has 0 saturated carbocycles. The van der Waals surface area contributed by atoms with E-state index >= 15 is 0 Å². The molecule has 0 rings (SSSR count). The molecule has 0 aromatic rings. The molecule has 0 aliphatic heterocycles. The van der Waals surface area contributed by atoms with Gasteiger partial charge in [0.2, 0.25) is 0 Å². The second-order valence-electron chi connectivity index (χ2n) is 8.22. The lowest BCUT2D eigenvalue weighted by Gasteiger charge is -2.38. The molecule has 0 amide bonds. The van der Waals surface area contributed by atoms with Crippen molar-refractivity contribution in [2.75, 3.05) is 0 Å². The van der Waals surface area contributed by atoms with Crippen LogP contribution < -0.4 is 0 Å². The highest BCUT2D eigenvalue weighted by Gasteiger charge is 2.34. The van der Waals surface area contributed by atoms with E-state index in [2.05, 4.69) is 41.5 Å². The van der Waals surface area contributed by atoms with Gasteiger partial charge in [-0.1, -0.05) is 47.6 Å². The van der Waals surface area contributed by atoms with E-state index in [0.29, 0.717) is 11.8 Å². The molecule has 0 aromatic carbocycles. The van der Waals surface area contributed by atoms with E-state index in [-0.39, 0.29) is 12.1 Å². The van der Waals surface area contributed by atoms with Crippen molar-refractivity contribution in [2.45, 2.75) is 98.6 Å². The predicted octanol–water partition coefficient (Wildman–Crippen LogP) is 5.96. The average Bonchev–Trinajstić information content (AvgIpc) is 2.47. The third-order valence-corrected chi connectivity index (χ3v) is 9.34. The zero-order valence-corrected chi connectivity index (χ0v) is 18.4. The second-order valence-corrected chi connectivity index (χ2v) is 12.9. The largest absolute Gasteiger partial charge is 0.457 e. The van der Waals surface area contributed by atoms with Gasteiger partial charge >= 0.3 is 5.97 Å². The Balaban J connectivity index is 4.82. The molecular formula is C20H40O3Si. The van der Waals surface area contributed by atoms with Crippen molar-refractivity contribution in [1.82, 2.24) is 0 Å². The lowest BCUT2D eigenvalue weighted by molar-refractivity contribution is -0.148. The van der Waals surface area contributed by atoms with Gasteiger partial charge in [-0.15, -0.1) is 0 Å². The second kappa shape index (κ2) is 10.4. The predicted molar refractivity (Wildman–Crippen MR) is 106 cm³/mol. The van der Waals surface area contributed by atoms with Crippen LogP contribution in [-0.4, -0.2) is 26.0 Å². The van der Waals surface area contributed by atoms with Crippen LogP contribution in [0.25, 0.3) is 0 Å². The molecular weight excluding hydrogens is 316 g/mol. The van der Waals surface area contributed by atoms with Gasteiger partial charge in [0.25, 0.3) is 0 Å². The molecule has 24 heavy (non-hydrogen) atoms. The average molecular weight is 357 g/mol. The molecule has 0 radical (unpaired) electrons. The summed E-state index contributed by atoms with van der Waals surface area (Å²) >= 11 is 0. The number of carbonyl (C=O) groups excluding carboxylic acids is 1. The summed E-state index contributed by atoms with van der Waals surface area (Å²) in [4.78, 5) is 11.8. The number of allylic oxidation sites excluding steroid dienone is 1. The van der Waals surface area contributed by atoms with Gasteiger partial charge in [-0.3, -0.25) is 0 Å². The van der Waals surface area contributed by atoms with Crippen molar-refractivity contribution >= 4 is 14.3 Å². The van der Waals surface area contributed by atoms with Crippen molar-refractivity contribution in [3.05, 3.63) is 12.2 Å². The fourth-order valence-corrected chi connectivity index (χ4v) is 6.13. The van der Waals surface area contributed by atoms with Gasteiger partial charge in [0, 0.05) is 6.08 Å². The fraction of sp³-hybridized carbons (Fsp3) is 0.850. The van der Waals surface area contributed by atoms with E-state index in [1.807, 2.05) is 26.8 Å². The molecule has 0 unspecified atom stereocenters. The molecule has 142 valence electrons. The zero-order chi connectivity index (χ0) is 19.0. The Labute approximate surface area is 151 Å². The monoisotopic (exact) mass is 356 g/mol. The lowest BCUT2D eigenvalue weighted by Crippen LogP contribution is -2.44. The summed E-state index contributed by atoms with van der Waals surface area (Å²) in [5.74, 6) is 0.600. The normalized spacial score (nSPS) is 15.8. The van der Waals surface area contributed by atoms with Gasteiger partial charge in [-0.05, 0) is 57.2 Å². The topological polar surface area (TPSA) is 35.5 Å². The van der Waals surface area contributed by atoms with Gasteiger partial charge in [0.05, 0.1) is 6.10 Å². The number of hydrogen-bond acceptors (Lipinski definition) is 3. The molecule has 0 saturated heterocycles. The fourth-order valence-electron chi connectivity index (χ4n) is 3.05. The highest BCUT2D eigenvalue weighted by molar-refractivity contribution is 6.73. The summed E-state index contributed by atoms with van der Waals surface area (Å²) in [7, 11) is -1.61. The third-order valence-electron chi connectivity index (χ3n) is 4.71. The summed E-state index contributed by atoms with van der Waals surface area (Å²) in [5, 5.41) is 0. The lowest BCUT2D eigenvalue weighted by atomic mass is 9.92. The Morgan fingerprint density at radius 3 is 1.92 bits per heavy atom. The van der Waals surface area contributed by atoms with Gasteiger partial charge in [0.1, 0.15) is 5.60 Å². The summed E-state index contributed by atoms with van der Waals surface area (Å²) in [5.41, 5.74) is -0.439. The maximum absolute atomic E-state index is 11.8. The van der Waals surface area contributed by atoms with Crippen molar-refractivity contribution < 1.29 is 14.0 Å². The number of hydrogen-bond donors (Lipinski definition) is 0. The molecule has 0 fully saturated rings. The summed E-state index contributed by atoms with van der Waals surface area (Å²) in [6, 6.07) is 3.51. The molecule has 0 aromatic heterocycles. The van der Waals surface area contributed by atoms with Crippen LogP contribution in [0.1, 0.15) is 68.7 Å². The van der Waals surface area contributed by atoms with Crippen molar-refractivity contribution in [1.29, 1.82) is 0 Å². The van der Waals surface area contributed by atoms with Crippen LogP contribution in [0.3, 0.4) is 0 Å². The molecule has 0 spiro atoms. The molecule has 2 atom stereocenters. The van der Waals surface area contributed by atoms with Crippen molar-refractivity contribution in [2.24, 2.45) is 11.8 Å². The zero-order valence-electron chi connectivity index (χ0n) is 17.4. The molecule has 0 N–H and O–H groups in total. The molecule has 0 aliphatic carbocycles. The number of rotatable bonds is 10. The number of carbonyl (C=O) groups is 1. The summed E-state index contributed by atoms with van der Waals surface area (Å²) < 4.78 is 12.0. The Morgan fingerprint density at radius 1 is 1.04 bits per heavy atom. The smallest absolute Gasteiger partial charge is 0.330 e. The molecule has 4 heteroatoms. The van der Waals surface area contributed by atoms with E-state index < -0.39 is 13.9 Å². The number of ether oxygens (including phenoxy) is 1. The first-order valence-electron chi connectivity index (χ1n) is 9.57. The molecule has 0 aliphatic rings. The molecule has 0 bridgehead atoms. The van der Waals surface area contributed by atoms with Crippen LogP contribution in [0.4, 0.5) is 0 Å². The summed E-state index contributed by atoms with van der Waals surface area (Å²) in [6.07, 6.45) is 4.58. The van der Waals surface area contributed by atoms with E-state index in [9.17, 15) is 4.79 Å². The van der Waals surface area contributed by atoms with Crippen LogP contribution in [0.2, 0.25) is 18.1 Å². The standard InChI is InChI=1S/C20H40O3Si/c1-10-24(11-2,12-3)23-19(16(4)5)17(6)14-13-15-18(21)22-20(7,8)9/h13,15-17,19H,10-12,14H2,1-9H3/b15-13+/t17-,19+/m0/s1. The highest BCUT2D eigenvalue weighted by Crippen LogP contribution is 2.30. The maximum atomic E-state index is 11.8. The van der Waals surface area contributed by atoms with Crippen molar-refractivity contribution in [3.8, 4) is 0 Å². The van der Waals surface area contributed by atoms with Crippen LogP contribution in [0.5, 0.6) is 0 Å². The SMILES string of the molecule is CC[Si](CC)(CC)O[C@H](C(C)C)[C@@H](C)C/C=C/C(=O)OC(C)(C)C. The third kappa shape index (κ3) is 8.47. The Bertz CT molecular complexity index is 384. The Morgan fingerprint density at radius 2 is 1.54 bits per heavy atom. The quantitative estimate of drug-likeness (QED) is 0.275. The van der Waals surface area contributed by atoms with Crippen molar-refractivity contribution in [3.63, 3.8) is 0 Å². The Kier molecular flexibility index (Phi) is 10.1. The van der Waals surface area contributed by atoms with E-state index in [4.69, 9.17) is 9.16 Å². The summed E-state index contributed by atoms with van der Waals surface area (Å²) in [6.45, 7) is 19.1. The van der Waals surface area contributed by atoms with Gasteiger partial charge in [-0.25, -0.2) is 4.79 Å². The molecule has 0 heterocycles. The first kappa shape index (κ1) is 23.4. The minimum Gasteiger partial charge on any atom is -0.457 e. The van der Waals surface area contributed by atoms with Gasteiger partial charge in [0.15, 0.2) is 8.32 Å². The number of esters is 1.